The molecule has 1 aliphatic rings. The number of carbonyl (C=O) groups excluding carboxylic acids is 1. The van der Waals surface area contributed by atoms with E-state index in [0.29, 0.717) is 31.9 Å². The summed E-state index contributed by atoms with van der Waals surface area (Å²) >= 11 is 1.68. The fourth-order valence-corrected chi connectivity index (χ4v) is 4.18. The fourth-order valence-electron chi connectivity index (χ4n) is 3.53. The lowest BCUT2D eigenvalue weighted by Gasteiger charge is -2.26. The van der Waals surface area contributed by atoms with Crippen molar-refractivity contribution in [2.45, 2.75) is 0 Å². The molecule has 1 amide bonds. The Balaban J connectivity index is 1.45. The number of morpholine rings is 1. The predicted octanol–water partition coefficient (Wildman–Crippen LogP) is 4.20. The van der Waals surface area contributed by atoms with E-state index in [0.717, 1.165) is 22.5 Å². The molecule has 5 nitrogen and oxygen atoms in total. The van der Waals surface area contributed by atoms with E-state index < -0.39 is 0 Å². The van der Waals surface area contributed by atoms with Crippen LogP contribution in [0.25, 0.3) is 28.0 Å². The number of thiophene rings is 1. The zero-order chi connectivity index (χ0) is 18.9. The van der Waals surface area contributed by atoms with E-state index in [2.05, 4.69) is 38.5 Å². The molecule has 3 aromatic heterocycles. The highest BCUT2D eigenvalue weighted by Crippen LogP contribution is 2.27. The van der Waals surface area contributed by atoms with E-state index >= 15 is 0 Å². The van der Waals surface area contributed by atoms with Crippen LogP contribution in [0.1, 0.15) is 10.4 Å². The van der Waals surface area contributed by atoms with Gasteiger partial charge in [0.25, 0.3) is 5.91 Å². The normalized spacial score (nSPS) is 14.5. The number of amides is 1. The number of ether oxygens (including phenoxy) is 1. The molecular weight excluding hydrogens is 370 g/mol. The minimum absolute atomic E-state index is 0.0691. The van der Waals surface area contributed by atoms with Crippen molar-refractivity contribution in [3.8, 4) is 22.4 Å². The molecule has 0 aliphatic carbocycles. The van der Waals surface area contributed by atoms with Crippen molar-refractivity contribution in [2.75, 3.05) is 26.3 Å². The number of pyridine rings is 1. The third kappa shape index (κ3) is 3.10. The zero-order valence-electron chi connectivity index (χ0n) is 15.2. The lowest BCUT2D eigenvalue weighted by Crippen LogP contribution is -2.40. The molecule has 28 heavy (non-hydrogen) atoms. The first-order valence-corrected chi connectivity index (χ1v) is 10.2. The minimum Gasteiger partial charge on any atom is -0.378 e. The number of nitrogens with zero attached hydrogens (tertiary/aromatic N) is 3. The summed E-state index contributed by atoms with van der Waals surface area (Å²) in [5, 5.41) is 4.20. The molecule has 1 aliphatic heterocycles. The second-order valence-corrected chi connectivity index (χ2v) is 7.56. The highest BCUT2D eigenvalue weighted by Gasteiger charge is 2.18. The summed E-state index contributed by atoms with van der Waals surface area (Å²) in [5.41, 5.74) is 6.05. The molecule has 0 spiro atoms. The number of carbonyl (C=O) groups is 1. The second-order valence-electron chi connectivity index (χ2n) is 6.78. The smallest absolute Gasteiger partial charge is 0.254 e. The lowest BCUT2D eigenvalue weighted by atomic mass is 10.0. The third-order valence-corrected chi connectivity index (χ3v) is 5.77. The summed E-state index contributed by atoms with van der Waals surface area (Å²) in [5.74, 6) is 0.0691. The molecule has 0 saturated carbocycles. The Labute approximate surface area is 166 Å². The first-order valence-electron chi connectivity index (χ1n) is 9.27. The maximum Gasteiger partial charge on any atom is 0.254 e. The molecule has 0 radical (unpaired) electrons. The molecule has 1 fully saturated rings. The number of aromatic nitrogens is 2. The first-order chi connectivity index (χ1) is 13.8. The van der Waals surface area contributed by atoms with Gasteiger partial charge in [-0.05, 0) is 46.8 Å². The highest BCUT2D eigenvalue weighted by molar-refractivity contribution is 7.08. The van der Waals surface area contributed by atoms with Crippen LogP contribution in [-0.2, 0) is 4.74 Å². The molecule has 0 unspecified atom stereocenters. The summed E-state index contributed by atoms with van der Waals surface area (Å²) in [6.07, 6.45) is 4.01. The minimum atomic E-state index is 0.0691. The summed E-state index contributed by atoms with van der Waals surface area (Å²) in [7, 11) is 0. The van der Waals surface area contributed by atoms with Gasteiger partial charge < -0.3 is 9.64 Å². The number of fused-ring (bicyclic) bond motifs is 1. The van der Waals surface area contributed by atoms with Crippen LogP contribution in [0.5, 0.6) is 0 Å². The molecule has 0 N–H and O–H groups in total. The maximum absolute atomic E-state index is 12.6. The molecule has 5 rings (SSSR count). The number of hydrogen-bond acceptors (Lipinski definition) is 4. The Bertz CT molecular complexity index is 1110. The average molecular weight is 389 g/mol. The molecule has 0 bridgehead atoms. The van der Waals surface area contributed by atoms with Gasteiger partial charge in [0.05, 0.1) is 25.1 Å². The van der Waals surface area contributed by atoms with Gasteiger partial charge in [0.15, 0.2) is 0 Å². The monoisotopic (exact) mass is 389 g/mol. The third-order valence-electron chi connectivity index (χ3n) is 5.09. The van der Waals surface area contributed by atoms with Gasteiger partial charge in [-0.3, -0.25) is 9.20 Å². The average Bonchev–Trinajstić information content (AvgIpc) is 3.43. The van der Waals surface area contributed by atoms with Crippen molar-refractivity contribution in [2.24, 2.45) is 0 Å². The van der Waals surface area contributed by atoms with Gasteiger partial charge >= 0.3 is 0 Å². The van der Waals surface area contributed by atoms with Crippen molar-refractivity contribution in [3.05, 3.63) is 71.2 Å². The van der Waals surface area contributed by atoms with E-state index in [1.54, 1.807) is 11.3 Å². The molecule has 140 valence electrons. The van der Waals surface area contributed by atoms with Crippen LogP contribution in [0.15, 0.2) is 65.6 Å². The van der Waals surface area contributed by atoms with Gasteiger partial charge in [-0.25, -0.2) is 4.98 Å². The molecule has 4 aromatic rings. The van der Waals surface area contributed by atoms with Crippen LogP contribution in [0.2, 0.25) is 0 Å². The quantitative estimate of drug-likeness (QED) is 0.528. The van der Waals surface area contributed by atoms with Gasteiger partial charge in [0.1, 0.15) is 5.65 Å². The number of hydrogen-bond donors (Lipinski definition) is 0. The van der Waals surface area contributed by atoms with Gasteiger partial charge in [0, 0.05) is 35.8 Å². The highest BCUT2D eigenvalue weighted by atomic mass is 32.1. The summed E-state index contributed by atoms with van der Waals surface area (Å²) in [6, 6.07) is 14.0. The molecule has 6 heteroatoms. The van der Waals surface area contributed by atoms with Gasteiger partial charge in [-0.2, -0.15) is 11.3 Å². The van der Waals surface area contributed by atoms with Crippen molar-refractivity contribution in [1.82, 2.24) is 14.3 Å². The van der Waals surface area contributed by atoms with E-state index in [9.17, 15) is 4.79 Å². The number of imidazole rings is 1. The van der Waals surface area contributed by atoms with Crippen LogP contribution >= 0.6 is 11.3 Å². The van der Waals surface area contributed by atoms with E-state index in [1.165, 1.54) is 5.56 Å². The Morgan fingerprint density at radius 2 is 1.75 bits per heavy atom. The van der Waals surface area contributed by atoms with Crippen LogP contribution in [0.3, 0.4) is 0 Å². The van der Waals surface area contributed by atoms with Crippen molar-refractivity contribution in [3.63, 3.8) is 0 Å². The Hall–Kier alpha value is -2.96. The Kier molecular flexibility index (Phi) is 4.43. The van der Waals surface area contributed by atoms with Crippen LogP contribution in [0.4, 0.5) is 0 Å². The molecule has 4 heterocycles. The summed E-state index contributed by atoms with van der Waals surface area (Å²) in [4.78, 5) is 19.0. The fraction of sp³-hybridized carbons (Fsp3) is 0.182. The molecule has 1 aromatic carbocycles. The van der Waals surface area contributed by atoms with Crippen molar-refractivity contribution >= 4 is 22.9 Å². The van der Waals surface area contributed by atoms with Gasteiger partial charge in [-0.15, -0.1) is 0 Å². The van der Waals surface area contributed by atoms with Crippen LogP contribution < -0.4 is 0 Å². The second kappa shape index (κ2) is 7.22. The van der Waals surface area contributed by atoms with Gasteiger partial charge in [0.2, 0.25) is 0 Å². The Morgan fingerprint density at radius 1 is 0.964 bits per heavy atom. The summed E-state index contributed by atoms with van der Waals surface area (Å²) in [6.45, 7) is 2.54. The predicted molar refractivity (Wildman–Crippen MR) is 111 cm³/mol. The van der Waals surface area contributed by atoms with Crippen molar-refractivity contribution in [1.29, 1.82) is 0 Å². The standard InChI is InChI=1S/C22H19N3O2S/c26-22(24-8-10-27-11-9-24)17-3-1-16(2-4-17)18-5-6-21-23-13-20(25(21)14-18)19-7-12-28-15-19/h1-7,12-15H,8-11H2. The topological polar surface area (TPSA) is 46.8 Å². The first kappa shape index (κ1) is 17.2. The van der Waals surface area contributed by atoms with Crippen LogP contribution in [-0.4, -0.2) is 46.5 Å². The molecule has 0 atom stereocenters. The summed E-state index contributed by atoms with van der Waals surface area (Å²) < 4.78 is 7.44. The van der Waals surface area contributed by atoms with E-state index in [-0.39, 0.29) is 5.91 Å². The van der Waals surface area contributed by atoms with E-state index in [1.807, 2.05) is 41.4 Å². The Morgan fingerprint density at radius 3 is 2.50 bits per heavy atom. The van der Waals surface area contributed by atoms with Gasteiger partial charge in [-0.1, -0.05) is 12.1 Å². The number of rotatable bonds is 3. The van der Waals surface area contributed by atoms with E-state index in [4.69, 9.17) is 4.74 Å². The van der Waals surface area contributed by atoms with Crippen LogP contribution in [0, 0.1) is 0 Å². The SMILES string of the molecule is O=C(c1ccc(-c2ccc3ncc(-c4ccsc4)n3c2)cc1)N1CCOCC1. The van der Waals surface area contributed by atoms with Crippen molar-refractivity contribution < 1.29 is 9.53 Å². The number of benzene rings is 1. The molecule has 1 saturated heterocycles. The largest absolute Gasteiger partial charge is 0.378 e. The molecular formula is C22H19N3O2S. The zero-order valence-corrected chi connectivity index (χ0v) is 16.1. The maximum atomic E-state index is 12.6. The lowest BCUT2D eigenvalue weighted by molar-refractivity contribution is 0.0303.